The molecule has 128 valence electrons. The number of likely N-dealkylation sites (tertiary alicyclic amines) is 1. The fraction of sp³-hybridized carbons (Fsp3) is 0.667. The maximum absolute atomic E-state index is 4.66. The van der Waals surface area contributed by atoms with Gasteiger partial charge in [0.1, 0.15) is 0 Å². The first-order valence-electron chi connectivity index (χ1n) is 9.03. The van der Waals surface area contributed by atoms with Crippen molar-refractivity contribution in [1.29, 1.82) is 0 Å². The van der Waals surface area contributed by atoms with Gasteiger partial charge in [0.2, 0.25) is 0 Å². The molecule has 1 fully saturated rings. The normalized spacial score (nSPS) is 15.8. The number of guanidine groups is 1. The number of aliphatic imine (C=N–C) groups is 1. The Bertz CT molecular complexity index is 440. The lowest BCUT2D eigenvalue weighted by atomic mass is 10.3. The zero-order valence-electron chi connectivity index (χ0n) is 14.4. The van der Waals surface area contributed by atoms with Crippen molar-refractivity contribution in [3.8, 4) is 0 Å². The molecule has 1 aromatic heterocycles. The fourth-order valence-electron chi connectivity index (χ4n) is 2.84. The van der Waals surface area contributed by atoms with Crippen molar-refractivity contribution < 1.29 is 0 Å². The second-order valence-electron chi connectivity index (χ2n) is 6.01. The number of hydrogen-bond donors (Lipinski definition) is 2. The topological polar surface area (TPSA) is 52.6 Å². The van der Waals surface area contributed by atoms with Crippen LogP contribution in [0.1, 0.15) is 38.3 Å². The van der Waals surface area contributed by atoms with Gasteiger partial charge >= 0.3 is 0 Å². The Morgan fingerprint density at radius 2 is 2.09 bits per heavy atom. The summed E-state index contributed by atoms with van der Waals surface area (Å²) < 4.78 is 0. The Hall–Kier alpha value is -1.62. The fourth-order valence-corrected chi connectivity index (χ4v) is 2.84. The lowest BCUT2D eigenvalue weighted by Crippen LogP contribution is -2.38. The van der Waals surface area contributed by atoms with Crippen molar-refractivity contribution in [3.05, 3.63) is 30.1 Å². The van der Waals surface area contributed by atoms with Crippen LogP contribution in [0.3, 0.4) is 0 Å². The van der Waals surface area contributed by atoms with Crippen molar-refractivity contribution >= 4 is 5.96 Å². The number of nitrogens with zero attached hydrogens (tertiary/aromatic N) is 3. The van der Waals surface area contributed by atoms with E-state index in [-0.39, 0.29) is 0 Å². The van der Waals surface area contributed by atoms with Gasteiger partial charge in [-0.3, -0.25) is 9.98 Å². The van der Waals surface area contributed by atoms with Crippen LogP contribution in [0.5, 0.6) is 0 Å². The second kappa shape index (κ2) is 11.0. The highest BCUT2D eigenvalue weighted by molar-refractivity contribution is 5.79. The molecule has 2 rings (SSSR count). The molecule has 1 saturated heterocycles. The van der Waals surface area contributed by atoms with E-state index in [0.717, 1.165) is 44.1 Å². The summed E-state index contributed by atoms with van der Waals surface area (Å²) in [5.41, 5.74) is 1.11. The molecule has 0 saturated carbocycles. The molecule has 1 aliphatic heterocycles. The molecule has 0 radical (unpaired) electrons. The molecule has 1 aromatic rings. The molecular formula is C18H31N5. The van der Waals surface area contributed by atoms with E-state index in [2.05, 4.69) is 38.5 Å². The molecule has 2 heterocycles. The number of aromatic nitrogens is 1. The van der Waals surface area contributed by atoms with Gasteiger partial charge in [0, 0.05) is 37.9 Å². The van der Waals surface area contributed by atoms with E-state index in [1.165, 1.54) is 38.9 Å². The van der Waals surface area contributed by atoms with Gasteiger partial charge in [-0.25, -0.2) is 0 Å². The van der Waals surface area contributed by atoms with Crippen molar-refractivity contribution in [3.63, 3.8) is 0 Å². The Kier molecular flexibility index (Phi) is 8.48. The zero-order chi connectivity index (χ0) is 16.2. The summed E-state index contributed by atoms with van der Waals surface area (Å²) in [7, 11) is 0. The number of pyridine rings is 1. The molecule has 0 unspecified atom stereocenters. The van der Waals surface area contributed by atoms with Crippen LogP contribution in [-0.2, 0) is 6.42 Å². The standard InChI is InChI=1S/C18H31N5/c1-2-19-18(22-13-10-17-9-3-4-11-20-17)21-12-5-6-14-23-15-7-8-16-23/h3-4,9,11H,2,5-8,10,12-16H2,1H3,(H2,19,21,22). The van der Waals surface area contributed by atoms with Crippen molar-refractivity contribution in [2.75, 3.05) is 39.3 Å². The van der Waals surface area contributed by atoms with Gasteiger partial charge in [-0.05, 0) is 64.4 Å². The average Bonchev–Trinajstić information content (AvgIpc) is 3.09. The summed E-state index contributed by atoms with van der Waals surface area (Å²) in [6, 6.07) is 6.04. The highest BCUT2D eigenvalue weighted by Gasteiger charge is 2.09. The largest absolute Gasteiger partial charge is 0.357 e. The first kappa shape index (κ1) is 17.7. The predicted molar refractivity (Wildman–Crippen MR) is 96.8 cm³/mol. The van der Waals surface area contributed by atoms with Gasteiger partial charge in [-0.2, -0.15) is 0 Å². The van der Waals surface area contributed by atoms with Gasteiger partial charge in [-0.15, -0.1) is 0 Å². The summed E-state index contributed by atoms with van der Waals surface area (Å²) in [6.45, 7) is 8.57. The van der Waals surface area contributed by atoms with E-state index in [1.54, 1.807) is 0 Å². The quantitative estimate of drug-likeness (QED) is 0.416. The third-order valence-corrected chi connectivity index (χ3v) is 4.10. The summed E-state index contributed by atoms with van der Waals surface area (Å²) in [5, 5.41) is 6.70. The maximum Gasteiger partial charge on any atom is 0.191 e. The van der Waals surface area contributed by atoms with E-state index in [4.69, 9.17) is 0 Å². The summed E-state index contributed by atoms with van der Waals surface area (Å²) in [6.07, 6.45) is 7.92. The van der Waals surface area contributed by atoms with E-state index < -0.39 is 0 Å². The second-order valence-corrected chi connectivity index (χ2v) is 6.01. The van der Waals surface area contributed by atoms with Gasteiger partial charge in [-0.1, -0.05) is 6.07 Å². The Labute approximate surface area is 140 Å². The molecule has 0 atom stereocenters. The van der Waals surface area contributed by atoms with E-state index in [9.17, 15) is 0 Å². The smallest absolute Gasteiger partial charge is 0.191 e. The van der Waals surface area contributed by atoms with Crippen LogP contribution in [0.4, 0.5) is 0 Å². The molecule has 5 nitrogen and oxygen atoms in total. The van der Waals surface area contributed by atoms with Crippen LogP contribution in [0.15, 0.2) is 29.4 Å². The lowest BCUT2D eigenvalue weighted by Gasteiger charge is -2.14. The van der Waals surface area contributed by atoms with Crippen LogP contribution in [-0.4, -0.2) is 55.1 Å². The minimum atomic E-state index is 0.858. The zero-order valence-corrected chi connectivity index (χ0v) is 14.4. The van der Waals surface area contributed by atoms with Gasteiger partial charge in [0.25, 0.3) is 0 Å². The third kappa shape index (κ3) is 7.46. The molecular weight excluding hydrogens is 286 g/mol. The van der Waals surface area contributed by atoms with E-state index >= 15 is 0 Å². The maximum atomic E-state index is 4.66. The van der Waals surface area contributed by atoms with Crippen LogP contribution in [0.25, 0.3) is 0 Å². The van der Waals surface area contributed by atoms with Gasteiger partial charge in [0.05, 0.1) is 0 Å². The van der Waals surface area contributed by atoms with Crippen LogP contribution < -0.4 is 10.6 Å². The van der Waals surface area contributed by atoms with Crippen molar-refractivity contribution in [1.82, 2.24) is 20.5 Å². The minimum absolute atomic E-state index is 0.858. The predicted octanol–water partition coefficient (Wildman–Crippen LogP) is 2.06. The Balaban J connectivity index is 1.61. The SMILES string of the molecule is CCNC(=NCCCCN1CCCC1)NCCc1ccccn1. The first-order chi connectivity index (χ1) is 11.4. The molecule has 1 aliphatic rings. The summed E-state index contributed by atoms with van der Waals surface area (Å²) >= 11 is 0. The molecule has 5 heteroatoms. The molecule has 23 heavy (non-hydrogen) atoms. The number of rotatable bonds is 9. The number of nitrogens with one attached hydrogen (secondary N) is 2. The summed E-state index contributed by atoms with van der Waals surface area (Å²) in [5.74, 6) is 0.921. The molecule has 2 N–H and O–H groups in total. The van der Waals surface area contributed by atoms with Crippen molar-refractivity contribution in [2.45, 2.75) is 39.0 Å². The average molecular weight is 317 g/mol. The summed E-state index contributed by atoms with van der Waals surface area (Å²) in [4.78, 5) is 11.6. The number of hydrogen-bond acceptors (Lipinski definition) is 3. The molecule has 0 aliphatic carbocycles. The highest BCUT2D eigenvalue weighted by atomic mass is 15.2. The van der Waals surface area contributed by atoms with Crippen molar-refractivity contribution in [2.24, 2.45) is 4.99 Å². The molecule has 0 bridgehead atoms. The molecule has 0 spiro atoms. The Morgan fingerprint density at radius 3 is 2.83 bits per heavy atom. The van der Waals surface area contributed by atoms with Crippen LogP contribution in [0.2, 0.25) is 0 Å². The van der Waals surface area contributed by atoms with Gasteiger partial charge in [0.15, 0.2) is 5.96 Å². The van der Waals surface area contributed by atoms with E-state index in [0.29, 0.717) is 0 Å². The van der Waals surface area contributed by atoms with E-state index in [1.807, 2.05) is 18.3 Å². The molecule has 0 amide bonds. The van der Waals surface area contributed by atoms with Crippen LogP contribution in [0, 0.1) is 0 Å². The minimum Gasteiger partial charge on any atom is -0.357 e. The monoisotopic (exact) mass is 317 g/mol. The number of unbranched alkanes of at least 4 members (excludes halogenated alkanes) is 1. The van der Waals surface area contributed by atoms with Gasteiger partial charge < -0.3 is 15.5 Å². The van der Waals surface area contributed by atoms with Crippen LogP contribution >= 0.6 is 0 Å². The Morgan fingerprint density at radius 1 is 1.22 bits per heavy atom. The lowest BCUT2D eigenvalue weighted by molar-refractivity contribution is 0.331. The third-order valence-electron chi connectivity index (χ3n) is 4.10. The molecule has 0 aromatic carbocycles. The highest BCUT2D eigenvalue weighted by Crippen LogP contribution is 2.08. The first-order valence-corrected chi connectivity index (χ1v) is 9.03.